The van der Waals surface area contributed by atoms with E-state index in [-0.39, 0.29) is 0 Å². The third kappa shape index (κ3) is 3.86. The fraction of sp³-hybridized carbons (Fsp3) is 0.667. The number of hydrogen-bond donors (Lipinski definition) is 0. The van der Waals surface area contributed by atoms with Gasteiger partial charge in [0.2, 0.25) is 0 Å². The lowest BCUT2D eigenvalue weighted by Crippen LogP contribution is -2.04. The summed E-state index contributed by atoms with van der Waals surface area (Å²) in [6.45, 7) is 0. The molecule has 0 spiro atoms. The zero-order valence-corrected chi connectivity index (χ0v) is 8.58. The molecule has 0 N–H and O–H groups in total. The van der Waals surface area contributed by atoms with E-state index in [1.165, 1.54) is 32.1 Å². The fourth-order valence-electron chi connectivity index (χ4n) is 2.01. The third-order valence-electron chi connectivity index (χ3n) is 2.80. The number of hydrogen-bond acceptors (Lipinski definition) is 2. The fourth-order valence-corrected chi connectivity index (χ4v) is 2.01. The molecule has 14 heavy (non-hydrogen) atoms. The van der Waals surface area contributed by atoms with Gasteiger partial charge in [-0.05, 0) is 30.8 Å². The second kappa shape index (κ2) is 6.52. The summed E-state index contributed by atoms with van der Waals surface area (Å²) in [6, 6.07) is 0. The van der Waals surface area contributed by atoms with Gasteiger partial charge in [-0.15, -0.1) is 0 Å². The topological polar surface area (TPSA) is 34.1 Å². The van der Waals surface area contributed by atoms with Crippen LogP contribution in [0.1, 0.15) is 44.9 Å². The Morgan fingerprint density at radius 1 is 1.14 bits per heavy atom. The lowest BCUT2D eigenvalue weighted by Gasteiger charge is -2.18. The molecule has 2 nitrogen and oxygen atoms in total. The molecule has 1 fully saturated rings. The van der Waals surface area contributed by atoms with Gasteiger partial charge in [0.25, 0.3) is 0 Å². The summed E-state index contributed by atoms with van der Waals surface area (Å²) >= 11 is 0. The average molecular weight is 194 g/mol. The maximum absolute atomic E-state index is 10.7. The van der Waals surface area contributed by atoms with E-state index in [1.54, 1.807) is 0 Å². The molecule has 1 aliphatic rings. The van der Waals surface area contributed by atoms with Crippen LogP contribution in [0.4, 0.5) is 0 Å². The molecule has 0 aromatic rings. The molecule has 1 aliphatic carbocycles. The first-order chi connectivity index (χ1) is 6.86. The van der Waals surface area contributed by atoms with Gasteiger partial charge < -0.3 is 4.79 Å². The molecule has 0 aromatic carbocycles. The number of rotatable bonds is 5. The quantitative estimate of drug-likeness (QED) is 0.498. The number of carbonyl (C=O) groups is 2. The number of allylic oxidation sites excluding steroid dienone is 2. The number of aldehydes is 2. The van der Waals surface area contributed by atoms with Crippen LogP contribution in [-0.4, -0.2) is 12.6 Å². The standard InChI is InChI=1S/C12H18O2/c13-8-4-7-12(10-14)9-11-5-2-1-3-6-11/h8-11H,1-7H2/b12-9+. The Morgan fingerprint density at radius 3 is 2.43 bits per heavy atom. The van der Waals surface area contributed by atoms with Crippen molar-refractivity contribution in [2.45, 2.75) is 44.9 Å². The minimum atomic E-state index is 0.470. The first-order valence-electron chi connectivity index (χ1n) is 5.46. The highest BCUT2D eigenvalue weighted by Gasteiger charge is 2.11. The summed E-state index contributed by atoms with van der Waals surface area (Å²) in [7, 11) is 0. The molecule has 2 heteroatoms. The Labute approximate surface area is 85.4 Å². The largest absolute Gasteiger partial charge is 0.303 e. The van der Waals surface area contributed by atoms with Gasteiger partial charge in [0.15, 0.2) is 0 Å². The van der Waals surface area contributed by atoms with Crippen LogP contribution in [0.2, 0.25) is 0 Å². The Hall–Kier alpha value is -0.920. The smallest absolute Gasteiger partial charge is 0.145 e. The van der Waals surface area contributed by atoms with E-state index in [1.807, 2.05) is 0 Å². The van der Waals surface area contributed by atoms with E-state index < -0.39 is 0 Å². The highest BCUT2D eigenvalue weighted by Crippen LogP contribution is 2.25. The van der Waals surface area contributed by atoms with E-state index >= 15 is 0 Å². The Balaban J connectivity index is 2.43. The zero-order valence-electron chi connectivity index (χ0n) is 8.58. The van der Waals surface area contributed by atoms with Crippen LogP contribution in [0.15, 0.2) is 11.6 Å². The van der Waals surface area contributed by atoms with Gasteiger partial charge in [-0.25, -0.2) is 0 Å². The second-order valence-electron chi connectivity index (χ2n) is 3.96. The second-order valence-corrected chi connectivity index (χ2v) is 3.96. The van der Waals surface area contributed by atoms with E-state index in [0.717, 1.165) is 18.1 Å². The van der Waals surface area contributed by atoms with Crippen molar-refractivity contribution >= 4 is 12.6 Å². The van der Waals surface area contributed by atoms with Crippen molar-refractivity contribution in [2.75, 3.05) is 0 Å². The van der Waals surface area contributed by atoms with Gasteiger partial charge in [-0.3, -0.25) is 4.79 Å². The van der Waals surface area contributed by atoms with Crippen molar-refractivity contribution in [3.8, 4) is 0 Å². The molecule has 0 amide bonds. The minimum Gasteiger partial charge on any atom is -0.303 e. The summed E-state index contributed by atoms with van der Waals surface area (Å²) in [5, 5.41) is 0. The van der Waals surface area contributed by atoms with Crippen molar-refractivity contribution in [3.05, 3.63) is 11.6 Å². The molecule has 0 atom stereocenters. The third-order valence-corrected chi connectivity index (χ3v) is 2.80. The first-order valence-corrected chi connectivity index (χ1v) is 5.46. The monoisotopic (exact) mass is 194 g/mol. The van der Waals surface area contributed by atoms with Crippen molar-refractivity contribution in [3.63, 3.8) is 0 Å². The van der Waals surface area contributed by atoms with Crippen LogP contribution in [0.25, 0.3) is 0 Å². The normalized spacial score (nSPS) is 19.3. The molecule has 0 aromatic heterocycles. The summed E-state index contributed by atoms with van der Waals surface area (Å²) in [5.74, 6) is 0.579. The van der Waals surface area contributed by atoms with Gasteiger partial charge in [-0.2, -0.15) is 0 Å². The maximum Gasteiger partial charge on any atom is 0.145 e. The molecule has 0 aliphatic heterocycles. The van der Waals surface area contributed by atoms with Gasteiger partial charge in [0.05, 0.1) is 0 Å². The van der Waals surface area contributed by atoms with Gasteiger partial charge in [-0.1, -0.05) is 25.3 Å². The van der Waals surface area contributed by atoms with Crippen LogP contribution >= 0.6 is 0 Å². The number of carbonyl (C=O) groups excluding carboxylic acids is 2. The predicted molar refractivity (Wildman–Crippen MR) is 56.0 cm³/mol. The average Bonchev–Trinajstić information content (AvgIpc) is 2.25. The Kier molecular flexibility index (Phi) is 5.20. The van der Waals surface area contributed by atoms with E-state index in [2.05, 4.69) is 6.08 Å². The maximum atomic E-state index is 10.7. The van der Waals surface area contributed by atoms with Gasteiger partial charge >= 0.3 is 0 Å². The molecule has 0 saturated heterocycles. The SMILES string of the molecule is O=CCC/C(C=O)=C\C1CCCCC1. The molecular weight excluding hydrogens is 176 g/mol. The van der Waals surface area contributed by atoms with E-state index in [4.69, 9.17) is 0 Å². The lowest BCUT2D eigenvalue weighted by molar-refractivity contribution is -0.107. The summed E-state index contributed by atoms with van der Waals surface area (Å²) in [6.07, 6.45) is 11.2. The molecular formula is C12H18O2. The lowest BCUT2D eigenvalue weighted by atomic mass is 9.87. The summed E-state index contributed by atoms with van der Waals surface area (Å²) in [4.78, 5) is 20.9. The van der Waals surface area contributed by atoms with E-state index in [0.29, 0.717) is 18.8 Å². The molecule has 0 unspecified atom stereocenters. The zero-order chi connectivity index (χ0) is 10.2. The predicted octanol–water partition coefficient (Wildman–Crippen LogP) is 2.67. The van der Waals surface area contributed by atoms with Crippen LogP contribution in [-0.2, 0) is 9.59 Å². The van der Waals surface area contributed by atoms with Gasteiger partial charge in [0.1, 0.15) is 12.6 Å². The molecule has 78 valence electrons. The Bertz CT molecular complexity index is 212. The summed E-state index contributed by atoms with van der Waals surface area (Å²) < 4.78 is 0. The van der Waals surface area contributed by atoms with Crippen molar-refractivity contribution in [1.29, 1.82) is 0 Å². The molecule has 1 saturated carbocycles. The van der Waals surface area contributed by atoms with Gasteiger partial charge in [0, 0.05) is 6.42 Å². The molecule has 0 bridgehead atoms. The highest BCUT2D eigenvalue weighted by atomic mass is 16.1. The Morgan fingerprint density at radius 2 is 1.86 bits per heavy atom. The van der Waals surface area contributed by atoms with Crippen LogP contribution in [0, 0.1) is 5.92 Å². The van der Waals surface area contributed by atoms with Crippen molar-refractivity contribution in [2.24, 2.45) is 5.92 Å². The van der Waals surface area contributed by atoms with Crippen LogP contribution < -0.4 is 0 Å². The molecule has 0 heterocycles. The summed E-state index contributed by atoms with van der Waals surface area (Å²) in [5.41, 5.74) is 0.809. The van der Waals surface area contributed by atoms with Crippen LogP contribution in [0.3, 0.4) is 0 Å². The first kappa shape index (κ1) is 11.2. The highest BCUT2D eigenvalue weighted by molar-refractivity contribution is 5.74. The molecule has 1 rings (SSSR count). The van der Waals surface area contributed by atoms with Crippen LogP contribution in [0.5, 0.6) is 0 Å². The molecule has 0 radical (unpaired) electrons. The van der Waals surface area contributed by atoms with E-state index in [9.17, 15) is 9.59 Å². The minimum absolute atomic E-state index is 0.470. The van der Waals surface area contributed by atoms with Crippen molar-refractivity contribution in [1.82, 2.24) is 0 Å². The van der Waals surface area contributed by atoms with Crippen molar-refractivity contribution < 1.29 is 9.59 Å².